The molecule has 0 aliphatic rings. The van der Waals surface area contributed by atoms with E-state index in [0.29, 0.717) is 22.3 Å². The molecule has 2 atom stereocenters. The van der Waals surface area contributed by atoms with Crippen LogP contribution in [-0.4, -0.2) is 32.5 Å². The monoisotopic (exact) mass is 916 g/mol. The molecule has 0 radical (unpaired) electrons. The van der Waals surface area contributed by atoms with Crippen LogP contribution in [0.25, 0.3) is 54.9 Å². The molecule has 0 heterocycles. The summed E-state index contributed by atoms with van der Waals surface area (Å²) in [6, 6.07) is 74.6. The Morgan fingerprint density at radius 2 is 0.643 bits per heavy atom. The van der Waals surface area contributed by atoms with Crippen LogP contribution in [0, 0.1) is 0 Å². The molecule has 10 aromatic rings. The minimum absolute atomic E-state index is 0.0207. The first-order valence-corrected chi connectivity index (χ1v) is 24.0. The second kappa shape index (κ2) is 19.6. The minimum Gasteiger partial charge on any atom is -0.507 e. The molecular formula is C64H56N2O4. The number of hydrogen-bond donors (Lipinski definition) is 6. The summed E-state index contributed by atoms with van der Waals surface area (Å²) in [7, 11) is 0. The molecular weight excluding hydrogens is 861 g/mol. The van der Waals surface area contributed by atoms with Gasteiger partial charge in [0.1, 0.15) is 22.7 Å². The zero-order chi connectivity index (χ0) is 48.2. The Bertz CT molecular complexity index is 3080. The minimum atomic E-state index is -1.41. The van der Waals surface area contributed by atoms with Crippen molar-refractivity contribution >= 4 is 21.5 Å². The van der Waals surface area contributed by atoms with Crippen LogP contribution >= 0.6 is 0 Å². The van der Waals surface area contributed by atoms with Gasteiger partial charge in [-0.2, -0.15) is 0 Å². The lowest BCUT2D eigenvalue weighted by Crippen LogP contribution is -2.47. The normalized spacial score (nSPS) is 12.8. The van der Waals surface area contributed by atoms with Crippen LogP contribution in [0.3, 0.4) is 0 Å². The molecule has 6 N–H and O–H groups in total. The van der Waals surface area contributed by atoms with E-state index < -0.39 is 23.3 Å². The number of benzene rings is 10. The van der Waals surface area contributed by atoms with Gasteiger partial charge in [0.25, 0.3) is 0 Å². The van der Waals surface area contributed by atoms with E-state index in [-0.39, 0.29) is 24.6 Å². The molecule has 0 aliphatic carbocycles. The topological polar surface area (TPSA) is 105 Å². The van der Waals surface area contributed by atoms with Gasteiger partial charge in [0, 0.05) is 47.4 Å². The van der Waals surface area contributed by atoms with Crippen molar-refractivity contribution in [3.05, 3.63) is 264 Å². The first kappa shape index (κ1) is 45.9. The molecule has 0 saturated heterocycles. The lowest BCUT2D eigenvalue weighted by atomic mass is 9.80. The van der Waals surface area contributed by atoms with Gasteiger partial charge in [-0.25, -0.2) is 0 Å². The Hall–Kier alpha value is -7.84. The Labute approximate surface area is 409 Å². The van der Waals surface area contributed by atoms with Crippen molar-refractivity contribution in [1.29, 1.82) is 0 Å². The van der Waals surface area contributed by atoms with Crippen molar-refractivity contribution in [2.75, 3.05) is 0 Å². The third-order valence-corrected chi connectivity index (χ3v) is 14.2. The van der Waals surface area contributed by atoms with Gasteiger partial charge in [0.2, 0.25) is 0 Å². The third kappa shape index (κ3) is 8.63. The lowest BCUT2D eigenvalue weighted by molar-refractivity contribution is 0.0428. The van der Waals surface area contributed by atoms with Crippen molar-refractivity contribution < 1.29 is 20.4 Å². The maximum absolute atomic E-state index is 12.9. The van der Waals surface area contributed by atoms with E-state index in [4.69, 9.17) is 0 Å². The summed E-state index contributed by atoms with van der Waals surface area (Å²) in [5.41, 5.74) is 6.49. The maximum Gasteiger partial charge on any atom is 0.130 e. The zero-order valence-electron chi connectivity index (χ0n) is 39.3. The van der Waals surface area contributed by atoms with E-state index in [0.717, 1.165) is 66.1 Å². The number of aromatic hydroxyl groups is 2. The number of hydrogen-bond acceptors (Lipinski definition) is 6. The predicted molar refractivity (Wildman–Crippen MR) is 285 cm³/mol. The molecule has 0 saturated carbocycles. The Morgan fingerprint density at radius 1 is 0.357 bits per heavy atom. The van der Waals surface area contributed by atoms with Gasteiger partial charge in [0.05, 0.1) is 0 Å². The standard InChI is InChI=1S/C64H56N2O4/c1-43(63(69,53-25-13-5-14-26-53)54-27-15-6-16-28-54)65-41-51-39-49-37-47(45-21-9-3-10-22-45)33-35-57(49)59(61(51)67)60-58-36-34-48(46-23-11-4-12-24-46)38-50(58)40-52(62(60)68)42-66-44(2)64(70,55-29-17-7-18-30-55)56-31-19-8-20-32-56/h3-40,43-44,65-70H,41-42H2,1-2H3/t43-,44-/m0/s1. The fourth-order valence-corrected chi connectivity index (χ4v) is 10.2. The Kier molecular flexibility index (Phi) is 12.9. The Morgan fingerprint density at radius 3 is 0.943 bits per heavy atom. The summed E-state index contributed by atoms with van der Waals surface area (Å²) in [5, 5.41) is 61.8. The predicted octanol–water partition coefficient (Wildman–Crippen LogP) is 13.2. The number of aliphatic hydroxyl groups is 2. The first-order chi connectivity index (χ1) is 34.1. The number of phenols is 2. The van der Waals surface area contributed by atoms with Gasteiger partial charge < -0.3 is 31.1 Å². The van der Waals surface area contributed by atoms with Crippen LogP contribution in [0.1, 0.15) is 47.2 Å². The van der Waals surface area contributed by atoms with Crippen molar-refractivity contribution in [2.45, 2.75) is 50.2 Å². The Balaban J connectivity index is 1.13. The van der Waals surface area contributed by atoms with Crippen molar-refractivity contribution in [1.82, 2.24) is 10.6 Å². The summed E-state index contributed by atoms with van der Waals surface area (Å²) in [4.78, 5) is 0. The quantitative estimate of drug-likeness (QED) is 0.0612. The third-order valence-electron chi connectivity index (χ3n) is 14.2. The molecule has 70 heavy (non-hydrogen) atoms. The van der Waals surface area contributed by atoms with E-state index in [1.807, 2.05) is 196 Å². The molecule has 10 rings (SSSR count). The second-order valence-corrected chi connectivity index (χ2v) is 18.3. The molecule has 6 nitrogen and oxygen atoms in total. The summed E-state index contributed by atoms with van der Waals surface area (Å²) >= 11 is 0. The fourth-order valence-electron chi connectivity index (χ4n) is 10.2. The van der Waals surface area contributed by atoms with Crippen LogP contribution in [0.4, 0.5) is 0 Å². The molecule has 0 unspecified atom stereocenters. The van der Waals surface area contributed by atoms with Gasteiger partial charge >= 0.3 is 0 Å². The molecule has 346 valence electrons. The van der Waals surface area contributed by atoms with Gasteiger partial charge in [0.15, 0.2) is 0 Å². The molecule has 0 fully saturated rings. The van der Waals surface area contributed by atoms with Crippen LogP contribution in [0.2, 0.25) is 0 Å². The molecule has 0 aromatic heterocycles. The van der Waals surface area contributed by atoms with E-state index >= 15 is 0 Å². The van der Waals surface area contributed by atoms with Crippen LogP contribution in [-0.2, 0) is 24.3 Å². The summed E-state index contributed by atoms with van der Waals surface area (Å²) in [6.45, 7) is 4.32. The number of rotatable bonds is 15. The molecule has 10 aromatic carbocycles. The van der Waals surface area contributed by atoms with Gasteiger partial charge in [-0.1, -0.05) is 206 Å². The highest BCUT2D eigenvalue weighted by molar-refractivity contribution is 6.11. The molecule has 0 bridgehead atoms. The average molecular weight is 917 g/mol. The highest BCUT2D eigenvalue weighted by Gasteiger charge is 2.39. The van der Waals surface area contributed by atoms with Crippen LogP contribution < -0.4 is 10.6 Å². The van der Waals surface area contributed by atoms with Crippen molar-refractivity contribution in [3.8, 4) is 44.9 Å². The van der Waals surface area contributed by atoms with Crippen LogP contribution in [0.15, 0.2) is 231 Å². The molecule has 0 aliphatic heterocycles. The largest absolute Gasteiger partial charge is 0.507 e. The zero-order valence-corrected chi connectivity index (χ0v) is 39.3. The number of phenolic OH excluding ortho intramolecular Hbond substituents is 2. The van der Waals surface area contributed by atoms with Crippen molar-refractivity contribution in [2.24, 2.45) is 0 Å². The number of fused-ring (bicyclic) bond motifs is 2. The first-order valence-electron chi connectivity index (χ1n) is 24.0. The average Bonchev–Trinajstić information content (AvgIpc) is 3.42. The molecule has 0 amide bonds. The van der Waals surface area contributed by atoms with E-state index in [1.165, 1.54) is 0 Å². The smallest absolute Gasteiger partial charge is 0.130 e. The highest BCUT2D eigenvalue weighted by Crippen LogP contribution is 2.49. The molecule has 0 spiro atoms. The van der Waals surface area contributed by atoms with Gasteiger partial charge in [-0.3, -0.25) is 0 Å². The van der Waals surface area contributed by atoms with Gasteiger partial charge in [-0.05, 0) is 104 Å². The van der Waals surface area contributed by atoms with Crippen LogP contribution in [0.5, 0.6) is 11.5 Å². The fraction of sp³-hybridized carbons (Fsp3) is 0.125. The van der Waals surface area contributed by atoms with Crippen molar-refractivity contribution in [3.63, 3.8) is 0 Å². The van der Waals surface area contributed by atoms with E-state index in [2.05, 4.69) is 59.2 Å². The number of nitrogens with one attached hydrogen (secondary N) is 2. The van der Waals surface area contributed by atoms with E-state index in [9.17, 15) is 20.4 Å². The summed E-state index contributed by atoms with van der Waals surface area (Å²) in [5.74, 6) is 0.0414. The van der Waals surface area contributed by atoms with Gasteiger partial charge in [-0.15, -0.1) is 0 Å². The highest BCUT2D eigenvalue weighted by atomic mass is 16.3. The maximum atomic E-state index is 12.9. The second-order valence-electron chi connectivity index (χ2n) is 18.3. The van der Waals surface area contributed by atoms with E-state index in [1.54, 1.807) is 0 Å². The SMILES string of the molecule is C[C@H](NCc1cc2cc(-c3ccccc3)ccc2c(-c2c(O)c(CN[C@@H](C)C(O)(c3ccccc3)c3ccccc3)cc3cc(-c4ccccc4)ccc23)c1O)C(O)(c1ccccc1)c1ccccc1. The lowest BCUT2D eigenvalue weighted by Gasteiger charge is -2.36. The summed E-state index contributed by atoms with van der Waals surface area (Å²) in [6.07, 6.45) is 0. The molecule has 6 heteroatoms. The summed E-state index contributed by atoms with van der Waals surface area (Å²) < 4.78 is 0.